The van der Waals surface area contributed by atoms with Gasteiger partial charge in [-0.1, -0.05) is 26.7 Å². The number of rotatable bonds is 7. The number of aromatic nitrogens is 1. The Bertz CT molecular complexity index is 951. The molecule has 0 aromatic carbocycles. The third kappa shape index (κ3) is 4.02. The smallest absolute Gasteiger partial charge is 0.271 e. The molecule has 0 bridgehead atoms. The third-order valence-corrected chi connectivity index (χ3v) is 8.29. The van der Waals surface area contributed by atoms with E-state index < -0.39 is 5.54 Å². The number of amides is 2. The molecule has 7 heteroatoms. The highest BCUT2D eigenvalue weighted by Crippen LogP contribution is 2.35. The van der Waals surface area contributed by atoms with Gasteiger partial charge in [0.1, 0.15) is 11.2 Å². The van der Waals surface area contributed by atoms with Gasteiger partial charge in [0.25, 0.3) is 5.91 Å². The van der Waals surface area contributed by atoms with E-state index in [9.17, 15) is 9.59 Å². The highest BCUT2D eigenvalue weighted by molar-refractivity contribution is 7.17. The van der Waals surface area contributed by atoms with Crippen molar-refractivity contribution in [3.05, 3.63) is 23.2 Å². The Labute approximate surface area is 188 Å². The molecule has 0 spiro atoms. The highest BCUT2D eigenvalue weighted by Gasteiger charge is 2.48. The van der Waals surface area contributed by atoms with Gasteiger partial charge in [0, 0.05) is 25.8 Å². The van der Waals surface area contributed by atoms with Gasteiger partial charge in [0.15, 0.2) is 0 Å². The molecule has 4 atom stereocenters. The van der Waals surface area contributed by atoms with Gasteiger partial charge >= 0.3 is 0 Å². The number of ether oxygens (including phenoxy) is 1. The van der Waals surface area contributed by atoms with E-state index in [-0.39, 0.29) is 17.9 Å². The second kappa shape index (κ2) is 8.94. The fraction of sp³-hybridized carbons (Fsp3) is 0.667. The van der Waals surface area contributed by atoms with Crippen molar-refractivity contribution in [2.24, 2.45) is 11.8 Å². The number of carbonyl (C=O) groups excluding carboxylic acids is 2. The number of nitrogens with zero attached hydrogens (tertiary/aromatic N) is 2. The Morgan fingerprint density at radius 3 is 2.94 bits per heavy atom. The van der Waals surface area contributed by atoms with Crippen LogP contribution < -0.4 is 5.32 Å². The Morgan fingerprint density at radius 2 is 2.16 bits per heavy atom. The van der Waals surface area contributed by atoms with Crippen molar-refractivity contribution in [3.8, 4) is 0 Å². The van der Waals surface area contributed by atoms with E-state index in [0.717, 1.165) is 23.1 Å². The summed E-state index contributed by atoms with van der Waals surface area (Å²) in [6.07, 6.45) is 4.08. The molecule has 4 rings (SSSR count). The highest BCUT2D eigenvalue weighted by atomic mass is 32.1. The summed E-state index contributed by atoms with van der Waals surface area (Å²) in [5, 5.41) is 5.39. The zero-order chi connectivity index (χ0) is 22.2. The van der Waals surface area contributed by atoms with Crippen LogP contribution in [0.15, 0.2) is 17.5 Å². The van der Waals surface area contributed by atoms with Gasteiger partial charge in [-0.3, -0.25) is 9.59 Å². The fourth-order valence-corrected chi connectivity index (χ4v) is 6.02. The first-order chi connectivity index (χ1) is 14.9. The molecular formula is C24H35N3O3S. The molecule has 31 heavy (non-hydrogen) atoms. The topological polar surface area (TPSA) is 63.6 Å². The molecule has 6 nitrogen and oxygen atoms in total. The molecule has 4 unspecified atom stereocenters. The summed E-state index contributed by atoms with van der Waals surface area (Å²) in [6.45, 7) is 10.6. The van der Waals surface area contributed by atoms with Crippen LogP contribution in [0.5, 0.6) is 0 Å². The lowest BCUT2D eigenvalue weighted by Crippen LogP contribution is -2.65. The van der Waals surface area contributed by atoms with Crippen LogP contribution in [0.4, 0.5) is 0 Å². The molecule has 2 amide bonds. The van der Waals surface area contributed by atoms with E-state index in [2.05, 4.69) is 19.2 Å². The predicted molar refractivity (Wildman–Crippen MR) is 124 cm³/mol. The first kappa shape index (κ1) is 22.3. The van der Waals surface area contributed by atoms with Crippen LogP contribution in [-0.2, 0) is 16.1 Å². The molecule has 1 aliphatic carbocycles. The maximum Gasteiger partial charge on any atom is 0.271 e. The largest absolute Gasteiger partial charge is 0.382 e. The quantitative estimate of drug-likeness (QED) is 0.647. The minimum atomic E-state index is -0.926. The summed E-state index contributed by atoms with van der Waals surface area (Å²) >= 11 is 1.63. The Balaban J connectivity index is 1.63. The lowest BCUT2D eigenvalue weighted by Gasteiger charge is -2.45. The standard InChI is InChI=1S/C24H35N3O3S/c1-5-30-12-7-11-27-22(28)20-14-21-19(10-13-31-21)26(20)15-24(27,4)23(29)25-18-9-6-8-16(2)17(18)3/h10,13-14,16-18H,5-9,11-12,15H2,1-4H3,(H,25,29). The Morgan fingerprint density at radius 1 is 1.35 bits per heavy atom. The van der Waals surface area contributed by atoms with Gasteiger partial charge in [-0.05, 0) is 56.0 Å². The molecular weight excluding hydrogens is 410 g/mol. The number of thiophene rings is 1. The van der Waals surface area contributed by atoms with Crippen LogP contribution in [-0.4, -0.2) is 52.6 Å². The van der Waals surface area contributed by atoms with Crippen molar-refractivity contribution < 1.29 is 14.3 Å². The molecule has 3 heterocycles. The van der Waals surface area contributed by atoms with Crippen LogP contribution in [0, 0.1) is 11.8 Å². The van der Waals surface area contributed by atoms with Crippen LogP contribution >= 0.6 is 11.3 Å². The normalized spacial score (nSPS) is 28.7. The molecule has 1 fully saturated rings. The van der Waals surface area contributed by atoms with Gasteiger partial charge in [-0.2, -0.15) is 0 Å². The van der Waals surface area contributed by atoms with E-state index in [1.807, 2.05) is 35.9 Å². The monoisotopic (exact) mass is 445 g/mol. The first-order valence-electron chi connectivity index (χ1n) is 11.6. The molecule has 1 saturated carbocycles. The third-order valence-electron chi connectivity index (χ3n) is 7.44. The number of hydrogen-bond donors (Lipinski definition) is 1. The van der Waals surface area contributed by atoms with Crippen LogP contribution in [0.1, 0.15) is 63.9 Å². The van der Waals surface area contributed by atoms with Gasteiger partial charge in [0.05, 0.1) is 16.8 Å². The molecule has 2 aromatic heterocycles. The lowest BCUT2D eigenvalue weighted by molar-refractivity contribution is -0.134. The summed E-state index contributed by atoms with van der Waals surface area (Å²) in [5.41, 5.74) is 0.800. The second-order valence-corrected chi connectivity index (χ2v) is 10.4. The van der Waals surface area contributed by atoms with Crippen LogP contribution in [0.25, 0.3) is 10.2 Å². The van der Waals surface area contributed by atoms with Crippen molar-refractivity contribution in [2.75, 3.05) is 19.8 Å². The average molecular weight is 446 g/mol. The Kier molecular flexibility index (Phi) is 6.44. The van der Waals surface area contributed by atoms with Crippen molar-refractivity contribution in [2.45, 2.75) is 71.5 Å². The second-order valence-electron chi connectivity index (χ2n) is 9.41. The van der Waals surface area contributed by atoms with E-state index in [1.165, 1.54) is 6.42 Å². The van der Waals surface area contributed by atoms with Gasteiger partial charge in [0.2, 0.25) is 5.91 Å². The number of nitrogens with one attached hydrogen (secondary N) is 1. The summed E-state index contributed by atoms with van der Waals surface area (Å²) in [4.78, 5) is 29.1. The van der Waals surface area contributed by atoms with E-state index in [4.69, 9.17) is 4.74 Å². The minimum Gasteiger partial charge on any atom is -0.382 e. The fourth-order valence-electron chi connectivity index (χ4n) is 5.20. The molecule has 1 N–H and O–H groups in total. The summed E-state index contributed by atoms with van der Waals surface area (Å²) in [5.74, 6) is 0.945. The van der Waals surface area contributed by atoms with Crippen molar-refractivity contribution in [3.63, 3.8) is 0 Å². The van der Waals surface area contributed by atoms with E-state index in [1.54, 1.807) is 16.2 Å². The molecule has 170 valence electrons. The Hall–Kier alpha value is -1.86. The molecule has 2 aromatic rings. The number of hydrogen-bond acceptors (Lipinski definition) is 4. The molecule has 2 aliphatic rings. The van der Waals surface area contributed by atoms with Crippen molar-refractivity contribution in [1.29, 1.82) is 0 Å². The summed E-state index contributed by atoms with van der Waals surface area (Å²) in [7, 11) is 0. The van der Waals surface area contributed by atoms with Crippen molar-refractivity contribution in [1.82, 2.24) is 14.8 Å². The summed E-state index contributed by atoms with van der Waals surface area (Å²) < 4.78 is 8.63. The predicted octanol–water partition coefficient (Wildman–Crippen LogP) is 4.28. The number of carbonyl (C=O) groups is 2. The minimum absolute atomic E-state index is 0.0362. The molecule has 1 aliphatic heterocycles. The zero-order valence-electron chi connectivity index (χ0n) is 19.1. The summed E-state index contributed by atoms with van der Waals surface area (Å²) in [6, 6.07) is 4.19. The van der Waals surface area contributed by atoms with E-state index in [0.29, 0.717) is 50.3 Å². The SMILES string of the molecule is CCOCCCN1C(=O)c2cc3sccc3n2CC1(C)C(=O)NC1CCCC(C)C1C. The van der Waals surface area contributed by atoms with Gasteiger partial charge in [-0.25, -0.2) is 0 Å². The zero-order valence-corrected chi connectivity index (χ0v) is 20.0. The van der Waals surface area contributed by atoms with Crippen LogP contribution in [0.2, 0.25) is 0 Å². The lowest BCUT2D eigenvalue weighted by atomic mass is 9.77. The van der Waals surface area contributed by atoms with Gasteiger partial charge in [-0.15, -0.1) is 11.3 Å². The molecule has 0 radical (unpaired) electrons. The maximum atomic E-state index is 13.7. The van der Waals surface area contributed by atoms with E-state index >= 15 is 0 Å². The van der Waals surface area contributed by atoms with Crippen molar-refractivity contribution >= 4 is 33.4 Å². The number of fused-ring (bicyclic) bond motifs is 3. The maximum absolute atomic E-state index is 13.7. The molecule has 0 saturated heterocycles. The first-order valence-corrected chi connectivity index (χ1v) is 12.5. The average Bonchev–Trinajstić information content (AvgIpc) is 3.33. The van der Waals surface area contributed by atoms with Crippen LogP contribution in [0.3, 0.4) is 0 Å². The van der Waals surface area contributed by atoms with Gasteiger partial charge < -0.3 is 19.5 Å².